The van der Waals surface area contributed by atoms with Gasteiger partial charge in [-0.15, -0.1) is 0 Å². The molecule has 0 aliphatic carbocycles. The van der Waals surface area contributed by atoms with Gasteiger partial charge >= 0.3 is 0 Å². The highest BCUT2D eigenvalue weighted by molar-refractivity contribution is 5.82. The average molecular weight is 275 g/mol. The Kier molecular flexibility index (Phi) is 4.74. The number of likely N-dealkylation sites (N-methyl/N-ethyl adjacent to an activating group) is 1. The minimum absolute atomic E-state index is 0.0909. The molecule has 1 fully saturated rings. The van der Waals surface area contributed by atoms with Crippen LogP contribution in [0.4, 0.5) is 0 Å². The van der Waals surface area contributed by atoms with Crippen LogP contribution in [0, 0.1) is 0 Å². The number of nitrogens with two attached hydrogens (primary N) is 1. The number of primary amides is 1. The number of benzene rings is 1. The second-order valence-electron chi connectivity index (χ2n) is 5.22. The summed E-state index contributed by atoms with van der Waals surface area (Å²) < 4.78 is 0. The zero-order chi connectivity index (χ0) is 14.5. The number of hydrogen-bond donors (Lipinski definition) is 1. The normalized spacial score (nSPS) is 19.9. The summed E-state index contributed by atoms with van der Waals surface area (Å²) in [5.41, 5.74) is 6.52. The maximum Gasteiger partial charge on any atom is 0.236 e. The third-order valence-corrected chi connectivity index (χ3v) is 3.80. The van der Waals surface area contributed by atoms with Gasteiger partial charge in [-0.1, -0.05) is 30.3 Å². The van der Waals surface area contributed by atoms with Crippen molar-refractivity contribution in [2.75, 3.05) is 26.7 Å². The van der Waals surface area contributed by atoms with Gasteiger partial charge in [0.05, 0.1) is 0 Å². The van der Waals surface area contributed by atoms with Crippen molar-refractivity contribution >= 4 is 11.8 Å². The Labute approximate surface area is 119 Å². The number of rotatable bonds is 4. The van der Waals surface area contributed by atoms with Gasteiger partial charge in [-0.25, -0.2) is 0 Å². The molecule has 0 bridgehead atoms. The average Bonchev–Trinajstić information content (AvgIpc) is 2.46. The first-order valence-electron chi connectivity index (χ1n) is 6.89. The zero-order valence-electron chi connectivity index (χ0n) is 11.8. The van der Waals surface area contributed by atoms with E-state index in [0.29, 0.717) is 26.1 Å². The Morgan fingerprint density at radius 3 is 2.60 bits per heavy atom. The lowest BCUT2D eigenvalue weighted by Crippen LogP contribution is -2.57. The van der Waals surface area contributed by atoms with E-state index in [1.54, 1.807) is 4.90 Å². The van der Waals surface area contributed by atoms with E-state index in [0.717, 1.165) is 12.0 Å². The van der Waals surface area contributed by atoms with Crippen LogP contribution in [0.1, 0.15) is 12.0 Å². The van der Waals surface area contributed by atoms with Crippen molar-refractivity contribution in [2.24, 2.45) is 5.73 Å². The second kappa shape index (κ2) is 6.52. The summed E-state index contributed by atoms with van der Waals surface area (Å²) in [7, 11) is 1.86. The molecule has 5 nitrogen and oxygen atoms in total. The molecule has 1 aliphatic heterocycles. The van der Waals surface area contributed by atoms with Crippen LogP contribution in [0.3, 0.4) is 0 Å². The predicted octanol–water partition coefficient (Wildman–Crippen LogP) is 0.247. The van der Waals surface area contributed by atoms with Crippen LogP contribution in [0.25, 0.3) is 0 Å². The van der Waals surface area contributed by atoms with Crippen molar-refractivity contribution in [2.45, 2.75) is 18.9 Å². The second-order valence-corrected chi connectivity index (χ2v) is 5.22. The summed E-state index contributed by atoms with van der Waals surface area (Å²) in [6.45, 7) is 1.75. The van der Waals surface area contributed by atoms with Crippen molar-refractivity contribution in [3.05, 3.63) is 35.9 Å². The number of aryl methyl sites for hydroxylation is 1. The van der Waals surface area contributed by atoms with E-state index in [4.69, 9.17) is 5.73 Å². The molecule has 1 aromatic rings. The summed E-state index contributed by atoms with van der Waals surface area (Å²) in [6.07, 6.45) is 1.20. The predicted molar refractivity (Wildman–Crippen MR) is 77.0 cm³/mol. The highest BCUT2D eigenvalue weighted by Gasteiger charge is 2.30. The largest absolute Gasteiger partial charge is 0.368 e. The molecule has 2 N–H and O–H groups in total. The summed E-state index contributed by atoms with van der Waals surface area (Å²) in [4.78, 5) is 27.2. The van der Waals surface area contributed by atoms with E-state index in [1.165, 1.54) is 0 Å². The van der Waals surface area contributed by atoms with Crippen LogP contribution in [-0.4, -0.2) is 54.3 Å². The van der Waals surface area contributed by atoms with Crippen LogP contribution in [0.2, 0.25) is 0 Å². The molecule has 1 aromatic carbocycles. The smallest absolute Gasteiger partial charge is 0.236 e. The number of piperazine rings is 1. The van der Waals surface area contributed by atoms with Crippen molar-refractivity contribution in [3.8, 4) is 0 Å². The number of carbonyl (C=O) groups is 2. The van der Waals surface area contributed by atoms with E-state index < -0.39 is 0 Å². The highest BCUT2D eigenvalue weighted by Crippen LogP contribution is 2.11. The van der Waals surface area contributed by atoms with Crippen molar-refractivity contribution in [1.29, 1.82) is 0 Å². The monoisotopic (exact) mass is 275 g/mol. The summed E-state index contributed by atoms with van der Waals surface area (Å²) >= 11 is 0. The quantitative estimate of drug-likeness (QED) is 0.856. The lowest BCUT2D eigenvalue weighted by Gasteiger charge is -2.37. The minimum atomic E-state index is -0.371. The van der Waals surface area contributed by atoms with Gasteiger partial charge in [0, 0.05) is 26.1 Å². The molecule has 5 heteroatoms. The molecule has 0 aromatic heterocycles. The third-order valence-electron chi connectivity index (χ3n) is 3.80. The molecule has 1 heterocycles. The topological polar surface area (TPSA) is 66.6 Å². The molecule has 1 saturated heterocycles. The Morgan fingerprint density at radius 1 is 1.25 bits per heavy atom. The molecular formula is C15H21N3O2. The zero-order valence-corrected chi connectivity index (χ0v) is 11.8. The van der Waals surface area contributed by atoms with E-state index >= 15 is 0 Å². The van der Waals surface area contributed by atoms with Gasteiger partial charge in [0.25, 0.3) is 0 Å². The molecule has 0 unspecified atom stereocenters. The van der Waals surface area contributed by atoms with Crippen molar-refractivity contribution in [3.63, 3.8) is 0 Å². The summed E-state index contributed by atoms with van der Waals surface area (Å²) in [5.74, 6) is -0.277. The number of nitrogens with zero attached hydrogens (tertiary/aromatic N) is 2. The van der Waals surface area contributed by atoms with Crippen molar-refractivity contribution in [1.82, 2.24) is 9.80 Å². The Hall–Kier alpha value is -1.88. The molecule has 2 rings (SSSR count). The lowest BCUT2D eigenvalue weighted by molar-refractivity contribution is -0.136. The molecule has 108 valence electrons. The first kappa shape index (κ1) is 14.5. The fourth-order valence-corrected chi connectivity index (χ4v) is 2.46. The van der Waals surface area contributed by atoms with E-state index in [-0.39, 0.29) is 17.9 Å². The van der Waals surface area contributed by atoms with Gasteiger partial charge in [0.2, 0.25) is 11.8 Å². The lowest BCUT2D eigenvalue weighted by atomic mass is 10.1. The molecule has 0 spiro atoms. The van der Waals surface area contributed by atoms with Gasteiger partial charge in [-0.05, 0) is 19.0 Å². The fraction of sp³-hybridized carbons (Fsp3) is 0.467. The molecular weight excluding hydrogens is 254 g/mol. The van der Waals surface area contributed by atoms with Crippen LogP contribution >= 0.6 is 0 Å². The Bertz CT molecular complexity index is 475. The van der Waals surface area contributed by atoms with E-state index in [2.05, 4.69) is 0 Å². The Balaban J connectivity index is 1.88. The van der Waals surface area contributed by atoms with E-state index in [1.807, 2.05) is 42.3 Å². The van der Waals surface area contributed by atoms with Crippen molar-refractivity contribution < 1.29 is 9.59 Å². The Morgan fingerprint density at radius 2 is 1.95 bits per heavy atom. The van der Waals surface area contributed by atoms with Crippen LogP contribution in [0.5, 0.6) is 0 Å². The maximum absolute atomic E-state index is 12.2. The van der Waals surface area contributed by atoms with Crippen LogP contribution in [-0.2, 0) is 16.0 Å². The minimum Gasteiger partial charge on any atom is -0.368 e. The van der Waals surface area contributed by atoms with Crippen LogP contribution in [0.15, 0.2) is 30.3 Å². The fourth-order valence-electron chi connectivity index (χ4n) is 2.46. The molecule has 0 radical (unpaired) electrons. The molecule has 20 heavy (non-hydrogen) atoms. The summed E-state index contributed by atoms with van der Waals surface area (Å²) in [5, 5.41) is 0. The van der Waals surface area contributed by atoms with Gasteiger partial charge in [0.1, 0.15) is 6.04 Å². The highest BCUT2D eigenvalue weighted by atomic mass is 16.2. The number of hydrogen-bond acceptors (Lipinski definition) is 3. The maximum atomic E-state index is 12.2. The molecule has 1 atom stereocenters. The van der Waals surface area contributed by atoms with Gasteiger partial charge in [-0.2, -0.15) is 0 Å². The van der Waals surface area contributed by atoms with Gasteiger partial charge in [0.15, 0.2) is 0 Å². The SMILES string of the molecule is CN1CCN(C(=O)CCc2ccccc2)C[C@@H]1C(N)=O. The standard InChI is InChI=1S/C15H21N3O2/c1-17-9-10-18(11-13(17)15(16)20)14(19)8-7-12-5-3-2-4-6-12/h2-6,13H,7-11H2,1H3,(H2,16,20)/t13-/m1/s1. The molecule has 1 aliphatic rings. The number of carbonyl (C=O) groups excluding carboxylic acids is 2. The first-order chi connectivity index (χ1) is 9.58. The summed E-state index contributed by atoms with van der Waals surface area (Å²) in [6, 6.07) is 9.57. The van der Waals surface area contributed by atoms with E-state index in [9.17, 15) is 9.59 Å². The molecule has 2 amide bonds. The van der Waals surface area contributed by atoms with Crippen LogP contribution < -0.4 is 5.73 Å². The first-order valence-corrected chi connectivity index (χ1v) is 6.89. The third kappa shape index (κ3) is 3.57. The molecule has 0 saturated carbocycles. The number of amides is 2. The van der Waals surface area contributed by atoms with Gasteiger partial charge in [-0.3, -0.25) is 14.5 Å². The van der Waals surface area contributed by atoms with Gasteiger partial charge < -0.3 is 10.6 Å².